The van der Waals surface area contributed by atoms with Gasteiger partial charge < -0.3 is 11.1 Å². The smallest absolute Gasteiger partial charge is 0.248 e. The summed E-state index contributed by atoms with van der Waals surface area (Å²) >= 11 is 7.32. The van der Waals surface area contributed by atoms with Gasteiger partial charge in [0.05, 0.1) is 16.1 Å². The summed E-state index contributed by atoms with van der Waals surface area (Å²) in [5.74, 6) is 1.27. The van der Waals surface area contributed by atoms with Crippen LogP contribution in [0.2, 0.25) is 5.02 Å². The van der Waals surface area contributed by atoms with E-state index in [1.807, 2.05) is 0 Å². The van der Waals surface area contributed by atoms with Gasteiger partial charge in [0.15, 0.2) is 11.0 Å². The highest BCUT2D eigenvalue weighted by molar-refractivity contribution is 7.22. The number of halogens is 3. The molecule has 2 atom stereocenters. The number of nitrogens with zero attached hydrogens (tertiary/aromatic N) is 3. The molecule has 1 fully saturated rings. The maximum absolute atomic E-state index is 14.0. The van der Waals surface area contributed by atoms with Gasteiger partial charge in [0.25, 0.3) is 0 Å². The molecule has 0 bridgehead atoms. The number of benzene rings is 2. The Labute approximate surface area is 198 Å². The van der Waals surface area contributed by atoms with E-state index in [-0.39, 0.29) is 31.0 Å². The number of aromatic nitrogens is 1. The van der Waals surface area contributed by atoms with Crippen LogP contribution in [-0.4, -0.2) is 34.8 Å². The van der Waals surface area contributed by atoms with Crippen LogP contribution in [0.15, 0.2) is 47.6 Å². The van der Waals surface area contributed by atoms with E-state index in [9.17, 15) is 13.6 Å². The fourth-order valence-electron chi connectivity index (χ4n) is 4.13. The highest BCUT2D eigenvalue weighted by Crippen LogP contribution is 2.46. The zero-order valence-corrected chi connectivity index (χ0v) is 19.3. The third-order valence-corrected chi connectivity index (χ3v) is 6.78. The van der Waals surface area contributed by atoms with Crippen molar-refractivity contribution < 1.29 is 13.6 Å². The van der Waals surface area contributed by atoms with Crippen LogP contribution in [0.5, 0.6) is 0 Å². The molecule has 2 unspecified atom stereocenters. The summed E-state index contributed by atoms with van der Waals surface area (Å²) in [5, 5.41) is 8.82. The number of amides is 1. The first kappa shape index (κ1) is 23.3. The molecule has 1 aromatic heterocycles. The first-order chi connectivity index (χ1) is 15.6. The molecule has 0 spiro atoms. The molecule has 0 aliphatic heterocycles. The van der Waals surface area contributed by atoms with Crippen molar-refractivity contribution in [3.63, 3.8) is 0 Å². The van der Waals surface area contributed by atoms with Crippen molar-refractivity contribution in [3.8, 4) is 0 Å². The van der Waals surface area contributed by atoms with E-state index in [1.165, 1.54) is 18.4 Å². The average molecular weight is 493 g/mol. The third-order valence-electron chi connectivity index (χ3n) is 5.61. The van der Waals surface area contributed by atoms with Crippen LogP contribution in [0.1, 0.15) is 36.3 Å². The van der Waals surface area contributed by atoms with E-state index in [2.05, 4.69) is 15.4 Å². The zero-order valence-electron chi connectivity index (χ0n) is 17.8. The lowest BCUT2D eigenvalue weighted by Crippen LogP contribution is -2.28. The van der Waals surface area contributed by atoms with Crippen LogP contribution in [0, 0.1) is 5.92 Å². The molecule has 11 heteroatoms. The Morgan fingerprint density at radius 3 is 2.70 bits per heavy atom. The number of alkyl halides is 2. The number of hydrogen-bond acceptors (Lipinski definition) is 6. The first-order valence-electron chi connectivity index (χ1n) is 10.3. The minimum Gasteiger partial charge on any atom is -0.382 e. The number of carbonyl (C=O) groups excluding carboxylic acids is 1. The Balaban J connectivity index is 1.62. The summed E-state index contributed by atoms with van der Waals surface area (Å²) in [5.41, 5.74) is 7.85. The second-order valence-corrected chi connectivity index (χ2v) is 9.60. The van der Waals surface area contributed by atoms with Crippen LogP contribution >= 0.6 is 22.9 Å². The molecule has 7 nitrogen and oxygen atoms in total. The predicted molar refractivity (Wildman–Crippen MR) is 127 cm³/mol. The van der Waals surface area contributed by atoms with Gasteiger partial charge in [0.2, 0.25) is 11.8 Å². The van der Waals surface area contributed by atoms with Gasteiger partial charge in [-0.15, -0.1) is 5.10 Å². The van der Waals surface area contributed by atoms with Crippen molar-refractivity contribution in [1.29, 1.82) is 0 Å². The third kappa shape index (κ3) is 5.40. The van der Waals surface area contributed by atoms with Crippen molar-refractivity contribution in [2.45, 2.75) is 31.1 Å². The molecule has 0 radical (unpaired) electrons. The van der Waals surface area contributed by atoms with Crippen molar-refractivity contribution in [3.05, 3.63) is 58.6 Å². The van der Waals surface area contributed by atoms with Gasteiger partial charge >= 0.3 is 0 Å². The molecule has 2 aromatic carbocycles. The Morgan fingerprint density at radius 2 is 2.06 bits per heavy atom. The average Bonchev–Trinajstić information content (AvgIpc) is 3.29. The van der Waals surface area contributed by atoms with Crippen LogP contribution < -0.4 is 16.9 Å². The van der Waals surface area contributed by atoms with E-state index < -0.39 is 17.8 Å². The predicted octanol–water partition coefficient (Wildman–Crippen LogP) is 4.53. The van der Waals surface area contributed by atoms with Crippen molar-refractivity contribution in [2.75, 3.05) is 12.4 Å². The SMILES string of the molecule is CN(N)/N=C(\N)c1ccc(C(C(=O)Nc2nc3ccc(Cl)cc3s2)C2CCC(F)(F)C2)cc1. The molecule has 3 aromatic rings. The molecule has 0 saturated heterocycles. The lowest BCUT2D eigenvalue weighted by atomic mass is 9.83. The summed E-state index contributed by atoms with van der Waals surface area (Å²) in [7, 11) is 1.54. The number of rotatable bonds is 6. The van der Waals surface area contributed by atoms with Crippen molar-refractivity contribution in [1.82, 2.24) is 10.1 Å². The number of thiazole rings is 1. The van der Waals surface area contributed by atoms with Gasteiger partial charge in [-0.3, -0.25) is 4.79 Å². The van der Waals surface area contributed by atoms with E-state index in [1.54, 1.807) is 42.5 Å². The number of nitrogens with one attached hydrogen (secondary N) is 1. The highest BCUT2D eigenvalue weighted by Gasteiger charge is 2.45. The van der Waals surface area contributed by atoms with Gasteiger partial charge in [-0.1, -0.05) is 47.2 Å². The van der Waals surface area contributed by atoms with E-state index in [0.29, 0.717) is 26.8 Å². The fourth-order valence-corrected chi connectivity index (χ4v) is 5.28. The molecule has 1 saturated carbocycles. The quantitative estimate of drug-likeness (QED) is 0.203. The maximum Gasteiger partial charge on any atom is 0.248 e. The summed E-state index contributed by atoms with van der Waals surface area (Å²) in [6, 6.07) is 12.1. The molecule has 33 heavy (non-hydrogen) atoms. The molecule has 4 rings (SSSR count). The number of amidine groups is 1. The largest absolute Gasteiger partial charge is 0.382 e. The van der Waals surface area contributed by atoms with Crippen LogP contribution in [-0.2, 0) is 4.79 Å². The van der Waals surface area contributed by atoms with E-state index in [0.717, 1.165) is 9.82 Å². The second kappa shape index (κ2) is 9.20. The summed E-state index contributed by atoms with van der Waals surface area (Å²) in [6.07, 6.45) is -0.324. The Bertz CT molecular complexity index is 1200. The summed E-state index contributed by atoms with van der Waals surface area (Å²) in [6.45, 7) is 0. The van der Waals surface area contributed by atoms with Gasteiger partial charge in [0.1, 0.15) is 0 Å². The normalized spacial score (nSPS) is 18.9. The standard InChI is InChI=1S/C22H23ClF2N6OS/c1-31(27)30-19(26)13-4-2-12(3-5-13)18(14-8-9-22(24,25)11-14)20(32)29-21-28-16-7-6-15(23)10-17(16)33-21/h2-7,10,14,18H,8-9,11,27H2,1H3,(H2,26,30)(H,28,29,32). The number of nitrogens with two attached hydrogens (primary N) is 2. The Morgan fingerprint density at radius 1 is 1.33 bits per heavy atom. The summed E-state index contributed by atoms with van der Waals surface area (Å²) < 4.78 is 28.9. The summed E-state index contributed by atoms with van der Waals surface area (Å²) in [4.78, 5) is 17.8. The van der Waals surface area contributed by atoms with Crippen molar-refractivity contribution in [2.24, 2.45) is 22.6 Å². The number of fused-ring (bicyclic) bond motifs is 1. The zero-order chi connectivity index (χ0) is 23.8. The molecule has 5 N–H and O–H groups in total. The van der Waals surface area contributed by atoms with Gasteiger partial charge in [-0.05, 0) is 36.1 Å². The maximum atomic E-state index is 14.0. The molecule has 174 valence electrons. The number of carbonyl (C=O) groups is 1. The van der Waals surface area contributed by atoms with E-state index >= 15 is 0 Å². The highest BCUT2D eigenvalue weighted by atomic mass is 35.5. The van der Waals surface area contributed by atoms with Crippen molar-refractivity contribution >= 4 is 50.0 Å². The minimum atomic E-state index is -2.78. The van der Waals surface area contributed by atoms with Crippen LogP contribution in [0.25, 0.3) is 10.2 Å². The number of hydrazone groups is 1. The molecular formula is C22H23ClF2N6OS. The molecular weight excluding hydrogens is 470 g/mol. The molecule has 1 aliphatic carbocycles. The number of anilines is 1. The first-order valence-corrected chi connectivity index (χ1v) is 11.5. The fraction of sp³-hybridized carbons (Fsp3) is 0.318. The van der Waals surface area contributed by atoms with E-state index in [4.69, 9.17) is 23.2 Å². The second-order valence-electron chi connectivity index (χ2n) is 8.14. The molecule has 1 amide bonds. The number of hydrazine groups is 1. The van der Waals surface area contributed by atoms with Crippen LogP contribution in [0.3, 0.4) is 0 Å². The lowest BCUT2D eigenvalue weighted by Gasteiger charge is -2.23. The van der Waals surface area contributed by atoms with Gasteiger partial charge in [-0.2, -0.15) is 0 Å². The number of hydrogen-bond donors (Lipinski definition) is 3. The molecule has 1 aliphatic rings. The molecule has 1 heterocycles. The van der Waals surface area contributed by atoms with Gasteiger partial charge in [0, 0.05) is 30.5 Å². The lowest BCUT2D eigenvalue weighted by molar-refractivity contribution is -0.118. The topological polar surface area (TPSA) is 110 Å². The Hall–Kier alpha value is -2.82. The van der Waals surface area contributed by atoms with Gasteiger partial charge in [-0.25, -0.2) is 24.7 Å². The van der Waals surface area contributed by atoms with Crippen LogP contribution in [0.4, 0.5) is 13.9 Å². The monoisotopic (exact) mass is 492 g/mol. The Kier molecular flexibility index (Phi) is 6.51. The minimum absolute atomic E-state index is 0.202.